The molecule has 16 heavy (non-hydrogen) atoms. The van der Waals surface area contributed by atoms with Crippen molar-refractivity contribution >= 4 is 5.91 Å². The number of nitrogens with two attached hydrogens (primary N) is 1. The van der Waals surface area contributed by atoms with E-state index in [-0.39, 0.29) is 6.61 Å². The van der Waals surface area contributed by atoms with Crippen LogP contribution in [0.5, 0.6) is 5.75 Å². The molecule has 1 amide bonds. The second-order valence-corrected chi connectivity index (χ2v) is 3.36. The summed E-state index contributed by atoms with van der Waals surface area (Å²) < 4.78 is 5.16. The van der Waals surface area contributed by atoms with Gasteiger partial charge in [-0.25, -0.2) is 0 Å². The lowest BCUT2D eigenvalue weighted by atomic mass is 10.1. The largest absolute Gasteiger partial charge is 0.484 e. The van der Waals surface area contributed by atoms with Crippen LogP contribution in [0.1, 0.15) is 0 Å². The number of aromatic nitrogens is 1. The van der Waals surface area contributed by atoms with E-state index in [1.165, 1.54) is 0 Å². The van der Waals surface area contributed by atoms with Crippen LogP contribution in [0, 0.1) is 0 Å². The van der Waals surface area contributed by atoms with Crippen LogP contribution in [0.25, 0.3) is 11.3 Å². The van der Waals surface area contributed by atoms with Gasteiger partial charge in [0.05, 0.1) is 0 Å². The number of hydrogen-bond acceptors (Lipinski definition) is 2. The minimum atomic E-state index is -0.478. The van der Waals surface area contributed by atoms with Gasteiger partial charge in [-0.1, -0.05) is 0 Å². The molecule has 2 aromatic rings. The number of benzene rings is 1. The fourth-order valence-corrected chi connectivity index (χ4v) is 1.40. The highest BCUT2D eigenvalue weighted by Crippen LogP contribution is 2.20. The van der Waals surface area contributed by atoms with Gasteiger partial charge in [0.25, 0.3) is 5.91 Å². The van der Waals surface area contributed by atoms with Gasteiger partial charge in [-0.3, -0.25) is 4.79 Å². The summed E-state index contributed by atoms with van der Waals surface area (Å²) in [6.45, 7) is -0.0954. The molecule has 0 aliphatic rings. The Labute approximate surface area is 93.0 Å². The maximum absolute atomic E-state index is 10.5. The van der Waals surface area contributed by atoms with Gasteiger partial charge in [0.2, 0.25) is 0 Å². The Balaban J connectivity index is 2.08. The summed E-state index contributed by atoms with van der Waals surface area (Å²) in [5.74, 6) is 0.155. The molecule has 1 aromatic carbocycles. The molecule has 2 rings (SSSR count). The zero-order valence-electron chi connectivity index (χ0n) is 8.64. The van der Waals surface area contributed by atoms with Gasteiger partial charge >= 0.3 is 0 Å². The van der Waals surface area contributed by atoms with Gasteiger partial charge in [-0.15, -0.1) is 0 Å². The number of nitrogens with one attached hydrogen (secondary N) is 1. The van der Waals surface area contributed by atoms with Crippen molar-refractivity contribution in [2.24, 2.45) is 5.73 Å². The number of carbonyl (C=O) groups excluding carboxylic acids is 1. The molecule has 0 aliphatic heterocycles. The van der Waals surface area contributed by atoms with Gasteiger partial charge in [-0.2, -0.15) is 0 Å². The van der Waals surface area contributed by atoms with Crippen molar-refractivity contribution in [2.45, 2.75) is 0 Å². The molecule has 0 spiro atoms. The lowest BCUT2D eigenvalue weighted by Gasteiger charge is -2.04. The molecule has 0 saturated heterocycles. The van der Waals surface area contributed by atoms with E-state index < -0.39 is 5.91 Å². The van der Waals surface area contributed by atoms with Gasteiger partial charge in [-0.05, 0) is 42.0 Å². The van der Waals surface area contributed by atoms with Crippen LogP contribution in [0.3, 0.4) is 0 Å². The van der Waals surface area contributed by atoms with Crippen LogP contribution in [0.15, 0.2) is 42.6 Å². The smallest absolute Gasteiger partial charge is 0.255 e. The van der Waals surface area contributed by atoms with E-state index >= 15 is 0 Å². The first-order chi connectivity index (χ1) is 7.75. The minimum Gasteiger partial charge on any atom is -0.484 e. The third-order valence-electron chi connectivity index (χ3n) is 2.14. The number of aromatic amines is 1. The van der Waals surface area contributed by atoms with E-state index in [2.05, 4.69) is 4.98 Å². The Morgan fingerprint density at radius 2 is 2.00 bits per heavy atom. The van der Waals surface area contributed by atoms with Gasteiger partial charge in [0, 0.05) is 11.9 Å². The number of amides is 1. The fourth-order valence-electron chi connectivity index (χ4n) is 1.40. The number of H-pyrrole nitrogens is 1. The number of rotatable bonds is 4. The zero-order valence-corrected chi connectivity index (χ0v) is 8.64. The Kier molecular flexibility index (Phi) is 2.91. The number of carbonyl (C=O) groups is 1. The molecule has 0 bridgehead atoms. The normalized spacial score (nSPS) is 10.0. The highest BCUT2D eigenvalue weighted by atomic mass is 16.5. The summed E-state index contributed by atoms with van der Waals surface area (Å²) in [7, 11) is 0. The lowest BCUT2D eigenvalue weighted by Crippen LogP contribution is -2.19. The zero-order chi connectivity index (χ0) is 11.4. The van der Waals surface area contributed by atoms with Crippen LogP contribution < -0.4 is 10.5 Å². The van der Waals surface area contributed by atoms with Crippen LogP contribution in [0.2, 0.25) is 0 Å². The molecule has 1 aromatic heterocycles. The summed E-state index contributed by atoms with van der Waals surface area (Å²) in [6.07, 6.45) is 1.87. The molecular weight excluding hydrogens is 204 g/mol. The molecule has 0 fully saturated rings. The number of hydrogen-bond donors (Lipinski definition) is 2. The first kappa shape index (κ1) is 10.3. The van der Waals surface area contributed by atoms with Crippen molar-refractivity contribution in [3.05, 3.63) is 42.6 Å². The summed E-state index contributed by atoms with van der Waals surface area (Å²) in [4.78, 5) is 13.6. The van der Waals surface area contributed by atoms with E-state index in [1.807, 2.05) is 30.5 Å². The van der Waals surface area contributed by atoms with Gasteiger partial charge < -0.3 is 15.5 Å². The Bertz CT molecular complexity index is 460. The van der Waals surface area contributed by atoms with Crippen molar-refractivity contribution in [1.29, 1.82) is 0 Å². The van der Waals surface area contributed by atoms with Gasteiger partial charge in [0.1, 0.15) is 5.75 Å². The Hall–Kier alpha value is -2.23. The maximum atomic E-state index is 10.5. The molecule has 4 heteroatoms. The van der Waals surface area contributed by atoms with Crippen molar-refractivity contribution in [2.75, 3.05) is 6.61 Å². The summed E-state index contributed by atoms with van der Waals surface area (Å²) in [5, 5.41) is 0. The Morgan fingerprint density at radius 3 is 2.56 bits per heavy atom. The van der Waals surface area contributed by atoms with Crippen molar-refractivity contribution in [3.8, 4) is 17.0 Å². The Morgan fingerprint density at radius 1 is 1.25 bits per heavy atom. The number of primary amides is 1. The molecule has 0 saturated carbocycles. The van der Waals surface area contributed by atoms with Gasteiger partial charge in [0.15, 0.2) is 6.61 Å². The molecular formula is C12H12N2O2. The first-order valence-electron chi connectivity index (χ1n) is 4.90. The molecule has 0 unspecified atom stereocenters. The quantitative estimate of drug-likeness (QED) is 0.814. The third-order valence-corrected chi connectivity index (χ3v) is 2.14. The highest BCUT2D eigenvalue weighted by molar-refractivity contribution is 5.75. The monoisotopic (exact) mass is 216 g/mol. The minimum absolute atomic E-state index is 0.0954. The van der Waals surface area contributed by atoms with Crippen LogP contribution in [0.4, 0.5) is 0 Å². The SMILES string of the molecule is NC(=O)COc1ccc(-c2ccc[nH]2)cc1. The molecule has 1 heterocycles. The van der Waals surface area contributed by atoms with Crippen molar-refractivity contribution in [1.82, 2.24) is 4.98 Å². The van der Waals surface area contributed by atoms with Crippen LogP contribution >= 0.6 is 0 Å². The second kappa shape index (κ2) is 4.53. The summed E-state index contributed by atoms with van der Waals surface area (Å²) >= 11 is 0. The average Bonchev–Trinajstić information content (AvgIpc) is 2.80. The summed E-state index contributed by atoms with van der Waals surface area (Å²) in [5.41, 5.74) is 7.09. The predicted molar refractivity (Wildman–Crippen MR) is 60.9 cm³/mol. The molecule has 0 radical (unpaired) electrons. The van der Waals surface area contributed by atoms with Crippen molar-refractivity contribution in [3.63, 3.8) is 0 Å². The van der Waals surface area contributed by atoms with E-state index in [9.17, 15) is 4.79 Å². The molecule has 4 nitrogen and oxygen atoms in total. The van der Waals surface area contributed by atoms with E-state index in [1.54, 1.807) is 12.1 Å². The van der Waals surface area contributed by atoms with E-state index in [4.69, 9.17) is 10.5 Å². The lowest BCUT2D eigenvalue weighted by molar-refractivity contribution is -0.119. The molecule has 0 aliphatic carbocycles. The molecule has 0 atom stereocenters. The third kappa shape index (κ3) is 2.42. The maximum Gasteiger partial charge on any atom is 0.255 e. The van der Waals surface area contributed by atoms with Crippen molar-refractivity contribution < 1.29 is 9.53 Å². The van der Waals surface area contributed by atoms with E-state index in [0.29, 0.717) is 5.75 Å². The highest BCUT2D eigenvalue weighted by Gasteiger charge is 2.00. The topological polar surface area (TPSA) is 68.1 Å². The molecule has 3 N–H and O–H groups in total. The fraction of sp³-hybridized carbons (Fsp3) is 0.0833. The van der Waals surface area contributed by atoms with Crippen LogP contribution in [-0.4, -0.2) is 17.5 Å². The molecule has 82 valence electrons. The number of ether oxygens (including phenoxy) is 1. The summed E-state index contributed by atoms with van der Waals surface area (Å²) in [6, 6.07) is 11.4. The van der Waals surface area contributed by atoms with E-state index in [0.717, 1.165) is 11.3 Å². The average molecular weight is 216 g/mol. The standard InChI is InChI=1S/C12H12N2O2/c13-12(15)8-16-10-5-3-9(4-6-10)11-2-1-7-14-11/h1-7,14H,8H2,(H2,13,15). The first-order valence-corrected chi connectivity index (χ1v) is 4.90. The second-order valence-electron chi connectivity index (χ2n) is 3.36. The van der Waals surface area contributed by atoms with Crippen LogP contribution in [-0.2, 0) is 4.79 Å². The predicted octanol–water partition coefficient (Wildman–Crippen LogP) is 1.55.